The molecular formula is C9H21N5O. The van der Waals surface area contributed by atoms with E-state index in [0.29, 0.717) is 12.5 Å². The summed E-state index contributed by atoms with van der Waals surface area (Å²) in [6, 6.07) is 0. The lowest BCUT2D eigenvalue weighted by atomic mass is 10.0. The highest BCUT2D eigenvalue weighted by atomic mass is 16.3. The highest BCUT2D eigenvalue weighted by Gasteiger charge is 2.06. The SMILES string of the molecule is CCCC(CCO)CN=C(N)N=C(N)N. The van der Waals surface area contributed by atoms with Crippen molar-refractivity contribution in [3.05, 3.63) is 0 Å². The van der Waals surface area contributed by atoms with Crippen molar-refractivity contribution in [3.63, 3.8) is 0 Å². The van der Waals surface area contributed by atoms with Crippen LogP contribution in [-0.2, 0) is 0 Å². The van der Waals surface area contributed by atoms with Crippen molar-refractivity contribution in [2.24, 2.45) is 33.1 Å². The maximum atomic E-state index is 8.83. The van der Waals surface area contributed by atoms with Crippen LogP contribution in [0.15, 0.2) is 9.98 Å². The Balaban J connectivity index is 4.11. The van der Waals surface area contributed by atoms with E-state index in [9.17, 15) is 0 Å². The van der Waals surface area contributed by atoms with Crippen molar-refractivity contribution in [1.82, 2.24) is 0 Å². The fourth-order valence-corrected chi connectivity index (χ4v) is 1.31. The number of aliphatic imine (C=N–C) groups is 2. The van der Waals surface area contributed by atoms with Gasteiger partial charge in [0.2, 0.25) is 5.96 Å². The first-order valence-electron chi connectivity index (χ1n) is 5.10. The highest BCUT2D eigenvalue weighted by Crippen LogP contribution is 2.10. The van der Waals surface area contributed by atoms with Gasteiger partial charge in [0.1, 0.15) is 0 Å². The lowest BCUT2D eigenvalue weighted by molar-refractivity contribution is 0.253. The van der Waals surface area contributed by atoms with Gasteiger partial charge in [-0.15, -0.1) is 0 Å². The first-order chi connectivity index (χ1) is 7.10. The topological polar surface area (TPSA) is 123 Å². The van der Waals surface area contributed by atoms with Crippen LogP contribution in [0, 0.1) is 5.92 Å². The van der Waals surface area contributed by atoms with E-state index in [2.05, 4.69) is 16.9 Å². The van der Waals surface area contributed by atoms with E-state index in [0.717, 1.165) is 19.3 Å². The third-order valence-corrected chi connectivity index (χ3v) is 1.99. The Bertz CT molecular complexity index is 217. The van der Waals surface area contributed by atoms with Crippen molar-refractivity contribution in [3.8, 4) is 0 Å². The minimum Gasteiger partial charge on any atom is -0.396 e. The molecule has 0 radical (unpaired) electrons. The highest BCUT2D eigenvalue weighted by molar-refractivity contribution is 5.92. The summed E-state index contributed by atoms with van der Waals surface area (Å²) in [7, 11) is 0. The van der Waals surface area contributed by atoms with Gasteiger partial charge in [-0.3, -0.25) is 4.99 Å². The first-order valence-corrected chi connectivity index (χ1v) is 5.10. The van der Waals surface area contributed by atoms with Gasteiger partial charge in [0.25, 0.3) is 0 Å². The molecule has 0 aromatic heterocycles. The predicted octanol–water partition coefficient (Wildman–Crippen LogP) is -0.627. The van der Waals surface area contributed by atoms with Gasteiger partial charge in [0.15, 0.2) is 5.96 Å². The summed E-state index contributed by atoms with van der Waals surface area (Å²) in [4.78, 5) is 7.64. The van der Waals surface area contributed by atoms with Crippen LogP contribution in [0.2, 0.25) is 0 Å². The number of aliphatic hydroxyl groups is 1. The van der Waals surface area contributed by atoms with E-state index in [1.54, 1.807) is 0 Å². The Kier molecular flexibility index (Phi) is 7.35. The monoisotopic (exact) mass is 215 g/mol. The number of guanidine groups is 2. The maximum absolute atomic E-state index is 8.83. The van der Waals surface area contributed by atoms with Gasteiger partial charge in [0, 0.05) is 13.2 Å². The molecule has 1 unspecified atom stereocenters. The first kappa shape index (κ1) is 13.7. The minimum atomic E-state index is -0.0922. The molecule has 88 valence electrons. The Labute approximate surface area is 90.3 Å². The van der Waals surface area contributed by atoms with E-state index in [-0.39, 0.29) is 18.5 Å². The molecule has 0 aliphatic carbocycles. The number of nitrogens with two attached hydrogens (primary N) is 3. The Morgan fingerprint density at radius 3 is 2.40 bits per heavy atom. The van der Waals surface area contributed by atoms with Crippen LogP contribution in [0.25, 0.3) is 0 Å². The number of nitrogens with zero attached hydrogens (tertiary/aromatic N) is 2. The Morgan fingerprint density at radius 1 is 1.27 bits per heavy atom. The molecule has 0 fully saturated rings. The molecule has 0 rings (SSSR count). The van der Waals surface area contributed by atoms with Crippen molar-refractivity contribution >= 4 is 11.9 Å². The predicted molar refractivity (Wildman–Crippen MR) is 62.4 cm³/mol. The van der Waals surface area contributed by atoms with E-state index >= 15 is 0 Å². The Morgan fingerprint density at radius 2 is 1.93 bits per heavy atom. The smallest absolute Gasteiger partial charge is 0.218 e. The van der Waals surface area contributed by atoms with Gasteiger partial charge in [0.05, 0.1) is 0 Å². The molecule has 7 N–H and O–H groups in total. The molecule has 0 aliphatic heterocycles. The van der Waals surface area contributed by atoms with E-state index in [1.807, 2.05) is 0 Å². The summed E-state index contributed by atoms with van der Waals surface area (Å²) in [5.41, 5.74) is 15.7. The minimum absolute atomic E-state index is 0.0917. The van der Waals surface area contributed by atoms with Gasteiger partial charge in [-0.1, -0.05) is 13.3 Å². The van der Waals surface area contributed by atoms with E-state index in [4.69, 9.17) is 22.3 Å². The number of aliphatic hydroxyl groups excluding tert-OH is 1. The molecule has 0 bridgehead atoms. The molecule has 0 saturated heterocycles. The fourth-order valence-electron chi connectivity index (χ4n) is 1.31. The summed E-state index contributed by atoms with van der Waals surface area (Å²) in [6.07, 6.45) is 2.80. The van der Waals surface area contributed by atoms with Crippen LogP contribution in [0.3, 0.4) is 0 Å². The van der Waals surface area contributed by atoms with Gasteiger partial charge >= 0.3 is 0 Å². The second kappa shape index (κ2) is 8.05. The lowest BCUT2D eigenvalue weighted by Crippen LogP contribution is -2.26. The number of hydrogen-bond donors (Lipinski definition) is 4. The quantitative estimate of drug-likeness (QED) is 0.348. The molecule has 0 spiro atoms. The van der Waals surface area contributed by atoms with E-state index in [1.165, 1.54) is 0 Å². The van der Waals surface area contributed by atoms with Crippen LogP contribution < -0.4 is 17.2 Å². The zero-order valence-electron chi connectivity index (χ0n) is 9.19. The van der Waals surface area contributed by atoms with Crippen molar-refractivity contribution in [2.75, 3.05) is 13.2 Å². The number of hydrogen-bond acceptors (Lipinski definition) is 2. The summed E-state index contributed by atoms with van der Waals surface area (Å²) < 4.78 is 0. The van der Waals surface area contributed by atoms with Gasteiger partial charge in [-0.05, 0) is 18.8 Å². The van der Waals surface area contributed by atoms with Crippen LogP contribution >= 0.6 is 0 Å². The molecule has 0 amide bonds. The fraction of sp³-hybridized carbons (Fsp3) is 0.778. The third kappa shape index (κ3) is 7.75. The van der Waals surface area contributed by atoms with Crippen LogP contribution in [-0.4, -0.2) is 30.2 Å². The molecule has 6 nitrogen and oxygen atoms in total. The van der Waals surface area contributed by atoms with Crippen LogP contribution in [0.5, 0.6) is 0 Å². The van der Waals surface area contributed by atoms with Crippen LogP contribution in [0.4, 0.5) is 0 Å². The lowest BCUT2D eigenvalue weighted by Gasteiger charge is -2.11. The molecule has 15 heavy (non-hydrogen) atoms. The normalized spacial score (nSPS) is 13.6. The summed E-state index contributed by atoms with van der Waals surface area (Å²) in [6.45, 7) is 2.81. The second-order valence-corrected chi connectivity index (χ2v) is 3.40. The zero-order chi connectivity index (χ0) is 11.7. The summed E-state index contributed by atoms with van der Waals surface area (Å²) in [5, 5.41) is 8.83. The molecule has 0 heterocycles. The molecule has 6 heteroatoms. The largest absolute Gasteiger partial charge is 0.396 e. The zero-order valence-corrected chi connectivity index (χ0v) is 9.19. The molecule has 0 saturated carbocycles. The Hall–Kier alpha value is -1.30. The number of rotatable bonds is 6. The second-order valence-electron chi connectivity index (χ2n) is 3.40. The molecule has 0 aliphatic rings. The summed E-state index contributed by atoms with van der Waals surface area (Å²) >= 11 is 0. The molecule has 1 atom stereocenters. The average molecular weight is 215 g/mol. The van der Waals surface area contributed by atoms with Gasteiger partial charge in [-0.2, -0.15) is 4.99 Å². The molecule has 0 aromatic carbocycles. The standard InChI is InChI=1S/C9H21N5O/c1-2-3-7(4-5-15)6-13-9(12)14-8(10)11/h7,15H,2-6H2,1H3,(H6,10,11,12,13,14). The van der Waals surface area contributed by atoms with E-state index < -0.39 is 0 Å². The van der Waals surface area contributed by atoms with Gasteiger partial charge in [-0.25, -0.2) is 0 Å². The van der Waals surface area contributed by atoms with Crippen LogP contribution in [0.1, 0.15) is 26.2 Å². The van der Waals surface area contributed by atoms with Crippen molar-refractivity contribution < 1.29 is 5.11 Å². The molecular weight excluding hydrogens is 194 g/mol. The van der Waals surface area contributed by atoms with Crippen molar-refractivity contribution in [2.45, 2.75) is 26.2 Å². The van der Waals surface area contributed by atoms with Crippen molar-refractivity contribution in [1.29, 1.82) is 0 Å². The van der Waals surface area contributed by atoms with Gasteiger partial charge < -0.3 is 22.3 Å². The summed E-state index contributed by atoms with van der Waals surface area (Å²) in [5.74, 6) is 0.340. The maximum Gasteiger partial charge on any atom is 0.218 e. The molecule has 0 aromatic rings. The third-order valence-electron chi connectivity index (χ3n) is 1.99. The average Bonchev–Trinajstić information content (AvgIpc) is 2.14.